The summed E-state index contributed by atoms with van der Waals surface area (Å²) in [5, 5.41) is 12.0. The lowest BCUT2D eigenvalue weighted by Gasteiger charge is -2.19. The van der Waals surface area contributed by atoms with Crippen LogP contribution in [0.5, 0.6) is 0 Å². The lowest BCUT2D eigenvalue weighted by molar-refractivity contribution is -0.121. The van der Waals surface area contributed by atoms with Crippen molar-refractivity contribution in [2.24, 2.45) is 0 Å². The molecule has 1 rings (SSSR count). The number of aliphatic hydroxyl groups is 1. The molecule has 4 atom stereocenters. The Morgan fingerprint density at radius 2 is 2.12 bits per heavy atom. The monoisotopic (exact) mass is 361 g/mol. The molecule has 1 saturated heterocycles. The fraction of sp³-hybridized carbons (Fsp3) is 0.933. The van der Waals surface area contributed by atoms with Gasteiger partial charge in [-0.2, -0.15) is 0 Å². The van der Waals surface area contributed by atoms with Crippen LogP contribution < -0.4 is 5.32 Å². The Kier molecular flexibility index (Phi) is 11.8. The first-order valence-corrected chi connectivity index (χ1v) is 9.77. The van der Waals surface area contributed by atoms with Gasteiger partial charge in [-0.15, -0.1) is 0 Å². The molecule has 1 aliphatic rings. The van der Waals surface area contributed by atoms with E-state index >= 15 is 0 Å². The van der Waals surface area contributed by atoms with Crippen LogP contribution in [-0.4, -0.2) is 61.7 Å². The standard InChI is InChI=1S/C15H29BNO6P/c1-2-7-15(19)17-8-5-3-4-6-9-21-24(20)23-12-10-14(16)22-13(12)11-18/h12-14,18,20H,2-11H2,1H3,(H,17,19). The molecule has 0 saturated carbocycles. The van der Waals surface area contributed by atoms with Crippen molar-refractivity contribution in [2.75, 3.05) is 19.8 Å². The number of amides is 1. The van der Waals surface area contributed by atoms with Crippen LogP contribution in [0, 0.1) is 0 Å². The predicted molar refractivity (Wildman–Crippen MR) is 92.5 cm³/mol. The van der Waals surface area contributed by atoms with E-state index in [4.69, 9.17) is 26.7 Å². The average molecular weight is 361 g/mol. The number of unbranched alkanes of at least 4 members (excludes halogenated alkanes) is 3. The number of aliphatic hydroxyl groups excluding tert-OH is 1. The zero-order valence-corrected chi connectivity index (χ0v) is 15.2. The van der Waals surface area contributed by atoms with Gasteiger partial charge in [-0.05, 0) is 25.7 Å². The normalized spacial score (nSPS) is 24.9. The minimum Gasteiger partial charge on any atom is -0.394 e. The number of hydrogen-bond donors (Lipinski definition) is 3. The van der Waals surface area contributed by atoms with Gasteiger partial charge < -0.3 is 29.1 Å². The molecule has 24 heavy (non-hydrogen) atoms. The lowest BCUT2D eigenvalue weighted by atomic mass is 9.96. The highest BCUT2D eigenvalue weighted by Gasteiger charge is 2.35. The number of carbonyl (C=O) groups excluding carboxylic acids is 1. The molecule has 9 heteroatoms. The molecule has 1 amide bonds. The zero-order valence-electron chi connectivity index (χ0n) is 14.4. The van der Waals surface area contributed by atoms with Crippen molar-refractivity contribution in [3.8, 4) is 0 Å². The smallest absolute Gasteiger partial charge is 0.330 e. The van der Waals surface area contributed by atoms with E-state index < -0.39 is 26.8 Å². The van der Waals surface area contributed by atoms with Crippen molar-refractivity contribution in [3.63, 3.8) is 0 Å². The summed E-state index contributed by atoms with van der Waals surface area (Å²) in [6, 6.07) is -0.478. The number of carbonyl (C=O) groups is 1. The first kappa shape index (κ1) is 21.8. The van der Waals surface area contributed by atoms with Crippen LogP contribution in [0.3, 0.4) is 0 Å². The molecule has 0 aromatic rings. The van der Waals surface area contributed by atoms with Gasteiger partial charge in [-0.25, -0.2) is 0 Å². The third kappa shape index (κ3) is 9.30. The third-order valence-electron chi connectivity index (χ3n) is 3.71. The van der Waals surface area contributed by atoms with Crippen LogP contribution in [0.25, 0.3) is 0 Å². The van der Waals surface area contributed by atoms with Gasteiger partial charge >= 0.3 is 8.60 Å². The van der Waals surface area contributed by atoms with Gasteiger partial charge in [0.05, 0.1) is 19.3 Å². The second-order valence-corrected chi connectivity index (χ2v) is 6.81. The Morgan fingerprint density at radius 1 is 1.38 bits per heavy atom. The van der Waals surface area contributed by atoms with Crippen molar-refractivity contribution in [1.29, 1.82) is 0 Å². The van der Waals surface area contributed by atoms with E-state index in [0.29, 0.717) is 26.0 Å². The quantitative estimate of drug-likeness (QED) is 0.260. The maximum atomic E-state index is 11.3. The Labute approximate surface area is 146 Å². The van der Waals surface area contributed by atoms with Crippen molar-refractivity contribution in [1.82, 2.24) is 5.32 Å². The maximum absolute atomic E-state index is 11.3. The summed E-state index contributed by atoms with van der Waals surface area (Å²) in [5.41, 5.74) is 0. The molecule has 1 heterocycles. The second-order valence-electron chi connectivity index (χ2n) is 5.86. The summed E-state index contributed by atoms with van der Waals surface area (Å²) >= 11 is 0. The summed E-state index contributed by atoms with van der Waals surface area (Å²) in [6.45, 7) is 2.90. The van der Waals surface area contributed by atoms with E-state index in [1.807, 2.05) is 6.92 Å². The Balaban J connectivity index is 1.96. The largest absolute Gasteiger partial charge is 0.394 e. The van der Waals surface area contributed by atoms with Crippen molar-refractivity contribution < 1.29 is 28.6 Å². The minimum atomic E-state index is -1.99. The third-order valence-corrected chi connectivity index (χ3v) is 4.56. The summed E-state index contributed by atoms with van der Waals surface area (Å²) in [7, 11) is 3.64. The summed E-state index contributed by atoms with van der Waals surface area (Å²) < 4.78 is 15.9. The predicted octanol–water partition coefficient (Wildman–Crippen LogP) is 1.36. The molecule has 7 nitrogen and oxygen atoms in total. The first-order chi connectivity index (χ1) is 11.6. The highest BCUT2D eigenvalue weighted by molar-refractivity contribution is 7.40. The number of rotatable bonds is 13. The molecule has 0 bridgehead atoms. The molecule has 0 aliphatic carbocycles. The molecule has 1 fully saturated rings. The first-order valence-electron chi connectivity index (χ1n) is 8.64. The van der Waals surface area contributed by atoms with Crippen LogP contribution in [0.2, 0.25) is 0 Å². The van der Waals surface area contributed by atoms with E-state index in [-0.39, 0.29) is 12.5 Å². The molecule has 0 aromatic carbocycles. The van der Waals surface area contributed by atoms with Gasteiger partial charge in [0.1, 0.15) is 14.0 Å². The van der Waals surface area contributed by atoms with Gasteiger partial charge in [0.25, 0.3) is 0 Å². The summed E-state index contributed by atoms with van der Waals surface area (Å²) in [5.74, 6) is 0.112. The van der Waals surface area contributed by atoms with Crippen molar-refractivity contribution in [2.45, 2.75) is 70.1 Å². The highest BCUT2D eigenvalue weighted by atomic mass is 31.2. The fourth-order valence-electron chi connectivity index (χ4n) is 2.43. The molecular weight excluding hydrogens is 332 g/mol. The van der Waals surface area contributed by atoms with Gasteiger partial charge in [0.15, 0.2) is 0 Å². The van der Waals surface area contributed by atoms with Crippen molar-refractivity contribution in [3.05, 3.63) is 0 Å². The molecule has 0 spiro atoms. The van der Waals surface area contributed by atoms with Crippen LogP contribution >= 0.6 is 8.60 Å². The lowest BCUT2D eigenvalue weighted by Crippen LogP contribution is -2.26. The number of ether oxygens (including phenoxy) is 1. The van der Waals surface area contributed by atoms with E-state index in [9.17, 15) is 9.69 Å². The highest BCUT2D eigenvalue weighted by Crippen LogP contribution is 2.39. The molecule has 138 valence electrons. The maximum Gasteiger partial charge on any atom is 0.330 e. The minimum absolute atomic E-state index is 0.112. The number of nitrogens with one attached hydrogen (secondary N) is 1. The topological polar surface area (TPSA) is 97.2 Å². The molecule has 4 unspecified atom stereocenters. The molecule has 0 aromatic heterocycles. The van der Waals surface area contributed by atoms with E-state index in [0.717, 1.165) is 32.1 Å². The van der Waals surface area contributed by atoms with E-state index in [1.54, 1.807) is 0 Å². The molecular formula is C15H29BNO6P. The van der Waals surface area contributed by atoms with Crippen LogP contribution in [-0.2, 0) is 18.6 Å². The fourth-order valence-corrected chi connectivity index (χ4v) is 3.23. The van der Waals surface area contributed by atoms with Crippen LogP contribution in [0.1, 0.15) is 51.9 Å². The van der Waals surface area contributed by atoms with Gasteiger partial charge in [0, 0.05) is 19.0 Å². The number of hydrogen-bond acceptors (Lipinski definition) is 6. The van der Waals surface area contributed by atoms with Gasteiger partial charge in [-0.3, -0.25) is 4.79 Å². The SMILES string of the molecule is [B]C1CC(OP(O)OCCCCCCNC(=O)CCC)C(CO)O1. The van der Waals surface area contributed by atoms with Crippen molar-refractivity contribution >= 4 is 22.4 Å². The molecule has 3 N–H and O–H groups in total. The van der Waals surface area contributed by atoms with Gasteiger partial charge in [0.2, 0.25) is 5.91 Å². The molecule has 1 aliphatic heterocycles. The zero-order chi connectivity index (χ0) is 17.8. The van der Waals surface area contributed by atoms with Crippen LogP contribution in [0.4, 0.5) is 0 Å². The average Bonchev–Trinajstić information content (AvgIpc) is 2.89. The summed E-state index contributed by atoms with van der Waals surface area (Å²) in [6.07, 6.45) is 4.65. The summed E-state index contributed by atoms with van der Waals surface area (Å²) in [4.78, 5) is 21.0. The Morgan fingerprint density at radius 3 is 2.83 bits per heavy atom. The Bertz CT molecular complexity index is 352. The van der Waals surface area contributed by atoms with E-state index in [1.165, 1.54) is 0 Å². The van der Waals surface area contributed by atoms with Gasteiger partial charge in [-0.1, -0.05) is 19.8 Å². The van der Waals surface area contributed by atoms with Crippen LogP contribution in [0.15, 0.2) is 0 Å². The molecule has 2 radical (unpaired) electrons. The van der Waals surface area contributed by atoms with E-state index in [2.05, 4.69) is 5.32 Å². The second kappa shape index (κ2) is 13.0. The Hall–Kier alpha value is -0.235.